The summed E-state index contributed by atoms with van der Waals surface area (Å²) in [5.41, 5.74) is 0. The number of hydrogen-bond acceptors (Lipinski definition) is 7. The minimum Gasteiger partial charge on any atom is -0.481 e. The average Bonchev–Trinajstić information content (AvgIpc) is 3.03. The molecule has 1 fully saturated rings. The normalized spacial score (nSPS) is 15.1. The van der Waals surface area contributed by atoms with Crippen molar-refractivity contribution in [2.45, 2.75) is 0 Å². The van der Waals surface area contributed by atoms with Gasteiger partial charge in [0.05, 0.1) is 16.9 Å². The lowest BCUT2D eigenvalue weighted by Gasteiger charge is -2.35. The Labute approximate surface area is 141 Å². The van der Waals surface area contributed by atoms with Crippen molar-refractivity contribution < 1.29 is 14.7 Å². The van der Waals surface area contributed by atoms with Gasteiger partial charge in [-0.25, -0.2) is 9.97 Å². The number of anilines is 1. The first-order valence-corrected chi connectivity index (χ1v) is 9.19. The van der Waals surface area contributed by atoms with Gasteiger partial charge < -0.3 is 14.9 Å². The average molecular weight is 352 g/mol. The molecule has 23 heavy (non-hydrogen) atoms. The number of thiophene rings is 1. The van der Waals surface area contributed by atoms with Crippen LogP contribution < -0.4 is 4.90 Å². The molecule has 2 aromatic heterocycles. The minimum atomic E-state index is -0.892. The smallest absolute Gasteiger partial charge is 0.313 e. The van der Waals surface area contributed by atoms with Crippen molar-refractivity contribution in [3.8, 4) is 0 Å². The Morgan fingerprint density at radius 2 is 2.00 bits per heavy atom. The number of rotatable bonds is 5. The third kappa shape index (κ3) is 3.73. The van der Waals surface area contributed by atoms with E-state index in [-0.39, 0.29) is 17.4 Å². The number of nitrogens with zero attached hydrogens (tertiary/aromatic N) is 4. The molecule has 1 N–H and O–H groups in total. The van der Waals surface area contributed by atoms with E-state index in [9.17, 15) is 9.59 Å². The van der Waals surface area contributed by atoms with E-state index in [1.165, 1.54) is 0 Å². The first-order valence-electron chi connectivity index (χ1n) is 7.15. The van der Waals surface area contributed by atoms with Gasteiger partial charge in [-0.2, -0.15) is 0 Å². The molecule has 0 spiro atoms. The van der Waals surface area contributed by atoms with E-state index >= 15 is 0 Å². The second-order valence-corrected chi connectivity index (χ2v) is 6.97. The Bertz CT molecular complexity index is 713. The van der Waals surface area contributed by atoms with Gasteiger partial charge in [0, 0.05) is 26.2 Å². The van der Waals surface area contributed by atoms with Gasteiger partial charge in [0.25, 0.3) is 0 Å². The van der Waals surface area contributed by atoms with Crippen molar-refractivity contribution in [3.63, 3.8) is 0 Å². The number of carbonyl (C=O) groups is 2. The number of aliphatic carboxylic acids is 1. The van der Waals surface area contributed by atoms with Crippen molar-refractivity contribution >= 4 is 51.0 Å². The fraction of sp³-hybridized carbons (Fsp3) is 0.429. The molecular weight excluding hydrogens is 336 g/mol. The van der Waals surface area contributed by atoms with Crippen molar-refractivity contribution in [3.05, 3.63) is 17.8 Å². The van der Waals surface area contributed by atoms with Crippen LogP contribution in [-0.2, 0) is 9.59 Å². The van der Waals surface area contributed by atoms with E-state index in [0.29, 0.717) is 13.1 Å². The van der Waals surface area contributed by atoms with E-state index in [4.69, 9.17) is 5.11 Å². The predicted molar refractivity (Wildman–Crippen MR) is 91.2 cm³/mol. The van der Waals surface area contributed by atoms with Crippen molar-refractivity contribution in [1.82, 2.24) is 14.9 Å². The highest BCUT2D eigenvalue weighted by atomic mass is 32.2. The zero-order valence-corrected chi connectivity index (χ0v) is 14.0. The maximum atomic E-state index is 12.1. The summed E-state index contributed by atoms with van der Waals surface area (Å²) in [5, 5.41) is 11.7. The van der Waals surface area contributed by atoms with Crippen LogP contribution in [0.5, 0.6) is 0 Å². The summed E-state index contributed by atoms with van der Waals surface area (Å²) in [6.07, 6.45) is 1.58. The number of fused-ring (bicyclic) bond motifs is 1. The molecule has 2 aromatic rings. The highest BCUT2D eigenvalue weighted by molar-refractivity contribution is 8.00. The largest absolute Gasteiger partial charge is 0.481 e. The SMILES string of the molecule is O=C(O)CSCC(=O)N1CCN(c2ncnc3sccc23)CC1. The first-order chi connectivity index (χ1) is 11.1. The van der Waals surface area contributed by atoms with Crippen molar-refractivity contribution in [1.29, 1.82) is 0 Å². The van der Waals surface area contributed by atoms with E-state index < -0.39 is 5.97 Å². The van der Waals surface area contributed by atoms with Crippen LogP contribution >= 0.6 is 23.1 Å². The Morgan fingerprint density at radius 3 is 2.74 bits per heavy atom. The van der Waals surface area contributed by atoms with Crippen LogP contribution in [-0.4, -0.2) is 69.5 Å². The van der Waals surface area contributed by atoms with Crippen LogP contribution in [0.15, 0.2) is 17.8 Å². The van der Waals surface area contributed by atoms with Crippen molar-refractivity contribution in [2.75, 3.05) is 42.6 Å². The molecule has 0 radical (unpaired) electrons. The zero-order valence-electron chi connectivity index (χ0n) is 12.3. The maximum absolute atomic E-state index is 12.1. The summed E-state index contributed by atoms with van der Waals surface area (Å²) in [6, 6.07) is 2.02. The standard InChI is InChI=1S/C14H16N4O3S2/c19-11(7-22-8-12(20)21)17-2-4-18(5-3-17)13-10-1-6-23-14(10)16-9-15-13/h1,6,9H,2-5,7-8H2,(H,20,21). The molecule has 0 saturated carbocycles. The summed E-state index contributed by atoms with van der Waals surface area (Å²) < 4.78 is 0. The molecule has 1 amide bonds. The number of carbonyl (C=O) groups excluding carboxylic acids is 1. The molecule has 1 saturated heterocycles. The molecule has 1 aliphatic rings. The topological polar surface area (TPSA) is 86.6 Å². The van der Waals surface area contributed by atoms with Gasteiger partial charge in [-0.1, -0.05) is 0 Å². The predicted octanol–water partition coefficient (Wildman–Crippen LogP) is 1.16. The molecule has 3 rings (SSSR count). The number of carboxylic acids is 1. The van der Waals surface area contributed by atoms with Crippen molar-refractivity contribution in [2.24, 2.45) is 0 Å². The third-order valence-corrected chi connectivity index (χ3v) is 5.35. The van der Waals surface area contributed by atoms with Gasteiger partial charge in [0.1, 0.15) is 17.0 Å². The van der Waals surface area contributed by atoms with Crippen LogP contribution in [0.25, 0.3) is 10.2 Å². The molecule has 7 nitrogen and oxygen atoms in total. The summed E-state index contributed by atoms with van der Waals surface area (Å²) in [6.45, 7) is 2.69. The second-order valence-electron chi connectivity index (χ2n) is 5.09. The fourth-order valence-corrected chi connectivity index (χ4v) is 3.87. The Kier molecular flexibility index (Phi) is 4.97. The molecule has 122 valence electrons. The highest BCUT2D eigenvalue weighted by Gasteiger charge is 2.23. The summed E-state index contributed by atoms with van der Waals surface area (Å²) in [4.78, 5) is 36.1. The van der Waals surface area contributed by atoms with Gasteiger partial charge in [-0.15, -0.1) is 23.1 Å². The summed E-state index contributed by atoms with van der Waals surface area (Å²) >= 11 is 2.73. The van der Waals surface area contributed by atoms with Crippen LogP contribution in [0.1, 0.15) is 0 Å². The molecule has 0 aromatic carbocycles. The summed E-state index contributed by atoms with van der Waals surface area (Å²) in [7, 11) is 0. The maximum Gasteiger partial charge on any atom is 0.313 e. The van der Waals surface area contributed by atoms with E-state index in [2.05, 4.69) is 14.9 Å². The molecule has 1 aliphatic heterocycles. The first kappa shape index (κ1) is 16.0. The molecule has 9 heteroatoms. The van der Waals surface area contributed by atoms with E-state index in [1.54, 1.807) is 22.6 Å². The third-order valence-electron chi connectivity index (χ3n) is 3.62. The number of thioether (sulfide) groups is 1. The Hall–Kier alpha value is -1.87. The minimum absolute atomic E-state index is 0.000678. The number of carboxylic acid groups (broad SMARTS) is 1. The lowest BCUT2D eigenvalue weighted by atomic mass is 10.2. The van der Waals surface area contributed by atoms with E-state index in [0.717, 1.165) is 40.9 Å². The molecular formula is C14H16N4O3S2. The molecule has 0 atom stereocenters. The lowest BCUT2D eigenvalue weighted by molar-refractivity contribution is -0.133. The van der Waals surface area contributed by atoms with Gasteiger partial charge in [-0.3, -0.25) is 9.59 Å². The lowest BCUT2D eigenvalue weighted by Crippen LogP contribution is -2.49. The van der Waals surface area contributed by atoms with Crippen LogP contribution in [0.3, 0.4) is 0 Å². The number of piperazine rings is 1. The zero-order chi connectivity index (χ0) is 16.2. The molecule has 3 heterocycles. The van der Waals surface area contributed by atoms with Gasteiger partial charge in [0.2, 0.25) is 5.91 Å². The fourth-order valence-electron chi connectivity index (χ4n) is 2.51. The van der Waals surface area contributed by atoms with Crippen LogP contribution in [0, 0.1) is 0 Å². The number of amides is 1. The van der Waals surface area contributed by atoms with E-state index in [1.807, 2.05) is 11.4 Å². The van der Waals surface area contributed by atoms with Crippen LogP contribution in [0.2, 0.25) is 0 Å². The quantitative estimate of drug-likeness (QED) is 0.864. The Morgan fingerprint density at radius 1 is 1.22 bits per heavy atom. The second kappa shape index (κ2) is 7.14. The van der Waals surface area contributed by atoms with Gasteiger partial charge in [-0.05, 0) is 11.4 Å². The monoisotopic (exact) mass is 352 g/mol. The Balaban J connectivity index is 1.57. The molecule has 0 aliphatic carbocycles. The molecule has 0 bridgehead atoms. The van der Waals surface area contributed by atoms with Crippen LogP contribution in [0.4, 0.5) is 5.82 Å². The summed E-state index contributed by atoms with van der Waals surface area (Å²) in [5.74, 6) is 0.205. The van der Waals surface area contributed by atoms with Gasteiger partial charge in [0.15, 0.2) is 0 Å². The van der Waals surface area contributed by atoms with Gasteiger partial charge >= 0.3 is 5.97 Å². The number of aromatic nitrogens is 2. The molecule has 0 unspecified atom stereocenters. The number of hydrogen-bond donors (Lipinski definition) is 1. The highest BCUT2D eigenvalue weighted by Crippen LogP contribution is 2.27.